The molecule has 0 aliphatic rings. The highest BCUT2D eigenvalue weighted by molar-refractivity contribution is 5.47. The molecule has 0 amide bonds. The number of aryl methyl sites for hydroxylation is 1. The van der Waals surface area contributed by atoms with Crippen LogP contribution in [-0.4, -0.2) is 6.04 Å². The second kappa shape index (κ2) is 6.17. The molecule has 86 valence electrons. The summed E-state index contributed by atoms with van der Waals surface area (Å²) in [5.74, 6) is 0.385. The molecular formula is C14H20N2. The second-order valence-electron chi connectivity index (χ2n) is 4.39. The van der Waals surface area contributed by atoms with Gasteiger partial charge in [-0.3, -0.25) is 0 Å². The Labute approximate surface area is 98.3 Å². The van der Waals surface area contributed by atoms with E-state index >= 15 is 0 Å². The van der Waals surface area contributed by atoms with Crippen molar-refractivity contribution in [3.05, 3.63) is 29.8 Å². The van der Waals surface area contributed by atoms with E-state index in [2.05, 4.69) is 44.3 Å². The van der Waals surface area contributed by atoms with E-state index in [1.54, 1.807) is 0 Å². The molecule has 2 unspecified atom stereocenters. The van der Waals surface area contributed by atoms with E-state index in [0.717, 1.165) is 18.5 Å². The van der Waals surface area contributed by atoms with Crippen LogP contribution in [0, 0.1) is 24.2 Å². The van der Waals surface area contributed by atoms with E-state index in [-0.39, 0.29) is 6.04 Å². The quantitative estimate of drug-likeness (QED) is 0.814. The fraction of sp³-hybridized carbons (Fsp3) is 0.500. The molecule has 0 aliphatic heterocycles. The molecule has 1 aromatic carbocycles. The number of hydrogen-bond donors (Lipinski definition) is 1. The smallest absolute Gasteiger partial charge is 0.117 e. The summed E-state index contributed by atoms with van der Waals surface area (Å²) in [4.78, 5) is 0. The zero-order valence-corrected chi connectivity index (χ0v) is 10.3. The zero-order chi connectivity index (χ0) is 12.0. The van der Waals surface area contributed by atoms with Crippen LogP contribution in [0.2, 0.25) is 0 Å². The van der Waals surface area contributed by atoms with Crippen LogP contribution >= 0.6 is 0 Å². The highest BCUT2D eigenvalue weighted by atomic mass is 14.9. The van der Waals surface area contributed by atoms with E-state index in [1.807, 2.05) is 12.1 Å². The molecule has 0 aliphatic carbocycles. The van der Waals surface area contributed by atoms with Gasteiger partial charge in [-0.2, -0.15) is 5.26 Å². The molecule has 0 saturated heterocycles. The van der Waals surface area contributed by atoms with Crippen LogP contribution in [0.5, 0.6) is 0 Å². The maximum atomic E-state index is 9.14. The van der Waals surface area contributed by atoms with Crippen molar-refractivity contribution in [2.24, 2.45) is 5.92 Å². The Kier molecular flexibility index (Phi) is 4.85. The summed E-state index contributed by atoms with van der Waals surface area (Å²) >= 11 is 0. The molecular weight excluding hydrogens is 196 g/mol. The molecule has 1 N–H and O–H groups in total. The molecule has 16 heavy (non-hydrogen) atoms. The number of hydrogen-bond acceptors (Lipinski definition) is 2. The van der Waals surface area contributed by atoms with Crippen molar-refractivity contribution >= 4 is 5.69 Å². The van der Waals surface area contributed by atoms with Crippen LogP contribution in [0.15, 0.2) is 24.3 Å². The third kappa shape index (κ3) is 3.58. The zero-order valence-electron chi connectivity index (χ0n) is 10.3. The number of nitrogens with one attached hydrogen (secondary N) is 1. The number of nitrogens with zero attached hydrogens (tertiary/aromatic N) is 1. The first-order chi connectivity index (χ1) is 7.67. The van der Waals surface area contributed by atoms with Crippen molar-refractivity contribution in [2.45, 2.75) is 39.7 Å². The number of benzene rings is 1. The molecule has 0 fully saturated rings. The number of nitriles is 1. The minimum atomic E-state index is -0.0956. The molecule has 0 aromatic heterocycles. The van der Waals surface area contributed by atoms with Crippen molar-refractivity contribution in [3.8, 4) is 6.07 Å². The Morgan fingerprint density at radius 3 is 2.75 bits per heavy atom. The summed E-state index contributed by atoms with van der Waals surface area (Å²) in [6.07, 6.45) is 2.20. The summed E-state index contributed by atoms with van der Waals surface area (Å²) in [5.41, 5.74) is 2.25. The molecule has 1 aromatic rings. The van der Waals surface area contributed by atoms with E-state index < -0.39 is 0 Å². The predicted molar refractivity (Wildman–Crippen MR) is 68.3 cm³/mol. The molecule has 0 radical (unpaired) electrons. The minimum Gasteiger partial charge on any atom is -0.370 e. The molecule has 0 spiro atoms. The maximum Gasteiger partial charge on any atom is 0.117 e. The van der Waals surface area contributed by atoms with E-state index in [9.17, 15) is 0 Å². The Bertz CT molecular complexity index is 365. The summed E-state index contributed by atoms with van der Waals surface area (Å²) in [5, 5.41) is 12.4. The van der Waals surface area contributed by atoms with Crippen molar-refractivity contribution in [1.29, 1.82) is 5.26 Å². The van der Waals surface area contributed by atoms with Gasteiger partial charge < -0.3 is 5.32 Å². The van der Waals surface area contributed by atoms with Gasteiger partial charge in [0.05, 0.1) is 6.07 Å². The van der Waals surface area contributed by atoms with Crippen molar-refractivity contribution in [1.82, 2.24) is 0 Å². The highest BCUT2D eigenvalue weighted by Gasteiger charge is 2.15. The van der Waals surface area contributed by atoms with Gasteiger partial charge in [-0.05, 0) is 37.0 Å². The summed E-state index contributed by atoms with van der Waals surface area (Å²) < 4.78 is 0. The molecule has 2 nitrogen and oxygen atoms in total. The highest BCUT2D eigenvalue weighted by Crippen LogP contribution is 2.17. The first kappa shape index (κ1) is 12.6. The lowest BCUT2D eigenvalue weighted by molar-refractivity contribution is 0.500. The van der Waals surface area contributed by atoms with Gasteiger partial charge in [0.2, 0.25) is 0 Å². The van der Waals surface area contributed by atoms with Gasteiger partial charge in [0.15, 0.2) is 0 Å². The van der Waals surface area contributed by atoms with E-state index in [1.165, 1.54) is 5.56 Å². The lowest BCUT2D eigenvalue weighted by Crippen LogP contribution is -2.25. The third-order valence-corrected chi connectivity index (χ3v) is 2.79. The topological polar surface area (TPSA) is 35.8 Å². The van der Waals surface area contributed by atoms with Gasteiger partial charge in [0, 0.05) is 5.69 Å². The van der Waals surface area contributed by atoms with Crippen LogP contribution in [0.4, 0.5) is 5.69 Å². The average molecular weight is 216 g/mol. The van der Waals surface area contributed by atoms with Crippen molar-refractivity contribution in [3.63, 3.8) is 0 Å². The van der Waals surface area contributed by atoms with Gasteiger partial charge >= 0.3 is 0 Å². The fourth-order valence-electron chi connectivity index (χ4n) is 1.84. The number of rotatable bonds is 5. The summed E-state index contributed by atoms with van der Waals surface area (Å²) in [7, 11) is 0. The lowest BCUT2D eigenvalue weighted by Gasteiger charge is -2.19. The summed E-state index contributed by atoms with van der Waals surface area (Å²) in [6, 6.07) is 10.4. The van der Waals surface area contributed by atoms with Crippen LogP contribution < -0.4 is 5.32 Å². The van der Waals surface area contributed by atoms with E-state index in [0.29, 0.717) is 5.92 Å². The standard InChI is InChI=1S/C14H20N2/c1-4-6-12(3)14(10-15)16-13-8-5-7-11(2)9-13/h5,7-9,12,14,16H,4,6H2,1-3H3. The lowest BCUT2D eigenvalue weighted by atomic mass is 9.97. The van der Waals surface area contributed by atoms with Gasteiger partial charge in [-0.1, -0.05) is 32.4 Å². The third-order valence-electron chi connectivity index (χ3n) is 2.79. The molecule has 0 bridgehead atoms. The molecule has 1 rings (SSSR count). The molecule has 2 atom stereocenters. The van der Waals surface area contributed by atoms with Crippen LogP contribution in [0.1, 0.15) is 32.3 Å². The fourth-order valence-corrected chi connectivity index (χ4v) is 1.84. The van der Waals surface area contributed by atoms with Gasteiger partial charge in [-0.15, -0.1) is 0 Å². The van der Waals surface area contributed by atoms with Crippen molar-refractivity contribution < 1.29 is 0 Å². The Morgan fingerprint density at radius 2 is 2.19 bits per heavy atom. The molecule has 2 heteroatoms. The normalized spacial score (nSPS) is 13.9. The Hall–Kier alpha value is -1.49. The number of anilines is 1. The van der Waals surface area contributed by atoms with E-state index in [4.69, 9.17) is 5.26 Å². The predicted octanol–water partition coefficient (Wildman–Crippen LogP) is 3.74. The van der Waals surface area contributed by atoms with Crippen LogP contribution in [-0.2, 0) is 0 Å². The molecule has 0 saturated carbocycles. The van der Waals surface area contributed by atoms with Gasteiger partial charge in [0.25, 0.3) is 0 Å². The largest absolute Gasteiger partial charge is 0.370 e. The molecule has 0 heterocycles. The maximum absolute atomic E-state index is 9.14. The Balaban J connectivity index is 2.67. The monoisotopic (exact) mass is 216 g/mol. The van der Waals surface area contributed by atoms with Crippen molar-refractivity contribution in [2.75, 3.05) is 5.32 Å². The van der Waals surface area contributed by atoms with Crippen LogP contribution in [0.25, 0.3) is 0 Å². The average Bonchev–Trinajstić information content (AvgIpc) is 2.26. The van der Waals surface area contributed by atoms with Gasteiger partial charge in [0.1, 0.15) is 6.04 Å². The first-order valence-corrected chi connectivity index (χ1v) is 5.90. The second-order valence-corrected chi connectivity index (χ2v) is 4.39. The first-order valence-electron chi connectivity index (χ1n) is 5.90. The SMILES string of the molecule is CCCC(C)C(C#N)Nc1cccc(C)c1. The Morgan fingerprint density at radius 1 is 1.44 bits per heavy atom. The minimum absolute atomic E-state index is 0.0956. The summed E-state index contributed by atoms with van der Waals surface area (Å²) in [6.45, 7) is 6.33. The van der Waals surface area contributed by atoms with Gasteiger partial charge in [-0.25, -0.2) is 0 Å². The van der Waals surface area contributed by atoms with Crippen LogP contribution in [0.3, 0.4) is 0 Å².